The second-order valence-corrected chi connectivity index (χ2v) is 5.36. The molecular weight excluding hydrogens is 341 g/mol. The molecule has 2 aromatic rings. The van der Waals surface area contributed by atoms with Crippen LogP contribution in [0.5, 0.6) is 0 Å². The van der Waals surface area contributed by atoms with Crippen LogP contribution in [0.15, 0.2) is 47.6 Å². The smallest absolute Gasteiger partial charge is 0.267 e. The summed E-state index contributed by atoms with van der Waals surface area (Å²) < 4.78 is 0. The van der Waals surface area contributed by atoms with Gasteiger partial charge in [0.2, 0.25) is 0 Å². The standard InChI is InChI=1S/C15H11Cl2N3O3/c1-9(10-6-7-12(16)13(17)8-10)18-19-15(21)11-4-2-3-5-14(11)20(22)23/h2-8H,1H3,(H,19,21)/b18-9+. The lowest BCUT2D eigenvalue weighted by Gasteiger charge is -2.05. The molecule has 8 heteroatoms. The van der Waals surface area contributed by atoms with Gasteiger partial charge in [0.1, 0.15) is 5.56 Å². The molecule has 0 radical (unpaired) electrons. The van der Waals surface area contributed by atoms with E-state index in [1.165, 1.54) is 24.3 Å². The quantitative estimate of drug-likeness (QED) is 0.512. The van der Waals surface area contributed by atoms with Crippen molar-refractivity contribution in [3.05, 3.63) is 73.8 Å². The summed E-state index contributed by atoms with van der Waals surface area (Å²) in [6.07, 6.45) is 0. The number of amides is 1. The third-order valence-electron chi connectivity index (χ3n) is 3.01. The first-order valence-electron chi connectivity index (χ1n) is 6.43. The van der Waals surface area contributed by atoms with Gasteiger partial charge in [0, 0.05) is 6.07 Å². The Morgan fingerprint density at radius 3 is 2.52 bits per heavy atom. The molecule has 2 aromatic carbocycles. The Bertz CT molecular complexity index is 806. The number of rotatable bonds is 4. The minimum atomic E-state index is -0.670. The summed E-state index contributed by atoms with van der Waals surface area (Å²) in [7, 11) is 0. The van der Waals surface area contributed by atoms with Crippen LogP contribution >= 0.6 is 23.2 Å². The van der Waals surface area contributed by atoms with Crippen molar-refractivity contribution >= 4 is 40.5 Å². The minimum absolute atomic E-state index is 0.0665. The maximum atomic E-state index is 12.1. The van der Waals surface area contributed by atoms with Gasteiger partial charge in [-0.05, 0) is 30.7 Å². The highest BCUT2D eigenvalue weighted by molar-refractivity contribution is 6.42. The maximum absolute atomic E-state index is 12.1. The van der Waals surface area contributed by atoms with E-state index in [0.717, 1.165) is 0 Å². The van der Waals surface area contributed by atoms with E-state index < -0.39 is 10.8 Å². The van der Waals surface area contributed by atoms with Gasteiger partial charge < -0.3 is 0 Å². The fourth-order valence-corrected chi connectivity index (χ4v) is 2.10. The number of nitro benzene ring substituents is 1. The number of benzene rings is 2. The summed E-state index contributed by atoms with van der Waals surface area (Å²) in [5, 5.41) is 15.6. The average Bonchev–Trinajstić information content (AvgIpc) is 2.54. The molecule has 6 nitrogen and oxygen atoms in total. The fourth-order valence-electron chi connectivity index (χ4n) is 1.81. The number of carbonyl (C=O) groups is 1. The van der Waals surface area contributed by atoms with Gasteiger partial charge in [-0.2, -0.15) is 5.10 Å². The Morgan fingerprint density at radius 1 is 1.17 bits per heavy atom. The normalized spacial score (nSPS) is 11.2. The molecule has 0 unspecified atom stereocenters. The van der Waals surface area contributed by atoms with Gasteiger partial charge in [0.15, 0.2) is 0 Å². The van der Waals surface area contributed by atoms with E-state index in [4.69, 9.17) is 23.2 Å². The van der Waals surface area contributed by atoms with Crippen molar-refractivity contribution in [2.45, 2.75) is 6.92 Å². The number of hydrogen-bond donors (Lipinski definition) is 1. The second kappa shape index (κ2) is 7.21. The van der Waals surface area contributed by atoms with E-state index in [1.807, 2.05) is 0 Å². The monoisotopic (exact) mass is 351 g/mol. The van der Waals surface area contributed by atoms with Crippen molar-refractivity contribution in [2.75, 3.05) is 0 Å². The molecule has 0 saturated carbocycles. The van der Waals surface area contributed by atoms with Gasteiger partial charge in [0.25, 0.3) is 11.6 Å². The first kappa shape index (κ1) is 16.9. The highest BCUT2D eigenvalue weighted by Crippen LogP contribution is 2.23. The molecule has 2 rings (SSSR count). The van der Waals surface area contributed by atoms with E-state index in [2.05, 4.69) is 10.5 Å². The van der Waals surface area contributed by atoms with E-state index >= 15 is 0 Å². The maximum Gasteiger partial charge on any atom is 0.282 e. The molecule has 118 valence electrons. The zero-order valence-electron chi connectivity index (χ0n) is 11.9. The van der Waals surface area contributed by atoms with Crippen molar-refractivity contribution in [1.82, 2.24) is 5.43 Å². The van der Waals surface area contributed by atoms with Gasteiger partial charge in [-0.1, -0.05) is 41.4 Å². The van der Waals surface area contributed by atoms with Crippen molar-refractivity contribution < 1.29 is 9.72 Å². The largest absolute Gasteiger partial charge is 0.282 e. The molecule has 0 bridgehead atoms. The second-order valence-electron chi connectivity index (χ2n) is 4.54. The first-order chi connectivity index (χ1) is 10.9. The van der Waals surface area contributed by atoms with Crippen LogP contribution < -0.4 is 5.43 Å². The molecule has 1 amide bonds. The van der Waals surface area contributed by atoms with Gasteiger partial charge in [0.05, 0.1) is 20.7 Å². The minimum Gasteiger partial charge on any atom is -0.267 e. The van der Waals surface area contributed by atoms with Crippen LogP contribution in [0.1, 0.15) is 22.8 Å². The number of halogens is 2. The molecule has 0 heterocycles. The molecule has 0 atom stereocenters. The Kier molecular flexibility index (Phi) is 5.31. The summed E-state index contributed by atoms with van der Waals surface area (Å²) in [6, 6.07) is 10.6. The number of para-hydroxylation sites is 1. The van der Waals surface area contributed by atoms with Gasteiger partial charge in [-0.15, -0.1) is 0 Å². The van der Waals surface area contributed by atoms with Crippen molar-refractivity contribution in [1.29, 1.82) is 0 Å². The van der Waals surface area contributed by atoms with Gasteiger partial charge >= 0.3 is 0 Å². The lowest BCUT2D eigenvalue weighted by molar-refractivity contribution is -0.385. The van der Waals surface area contributed by atoms with E-state index in [9.17, 15) is 14.9 Å². The number of carbonyl (C=O) groups excluding carboxylic acids is 1. The van der Waals surface area contributed by atoms with Crippen LogP contribution in [-0.2, 0) is 0 Å². The van der Waals surface area contributed by atoms with Crippen LogP contribution in [0, 0.1) is 10.1 Å². The topological polar surface area (TPSA) is 84.6 Å². The molecule has 0 aromatic heterocycles. The fraction of sp³-hybridized carbons (Fsp3) is 0.0667. The molecule has 0 aliphatic rings. The summed E-state index contributed by atoms with van der Waals surface area (Å²) in [5.74, 6) is -0.670. The summed E-state index contributed by atoms with van der Waals surface area (Å²) in [6.45, 7) is 1.67. The Labute approximate surface area is 141 Å². The van der Waals surface area contributed by atoms with Gasteiger partial charge in [-0.25, -0.2) is 5.43 Å². The summed E-state index contributed by atoms with van der Waals surface area (Å²) in [4.78, 5) is 22.4. The zero-order chi connectivity index (χ0) is 17.0. The Balaban J connectivity index is 2.20. The lowest BCUT2D eigenvalue weighted by Crippen LogP contribution is -2.20. The lowest BCUT2D eigenvalue weighted by atomic mass is 10.1. The number of hydrazone groups is 1. The zero-order valence-corrected chi connectivity index (χ0v) is 13.4. The summed E-state index contributed by atoms with van der Waals surface area (Å²) >= 11 is 11.8. The van der Waals surface area contributed by atoms with Crippen LogP contribution in [0.3, 0.4) is 0 Å². The molecule has 0 aliphatic heterocycles. The number of nitrogens with zero attached hydrogens (tertiary/aromatic N) is 2. The molecule has 23 heavy (non-hydrogen) atoms. The number of nitro groups is 1. The molecule has 1 N–H and O–H groups in total. The molecular formula is C15H11Cl2N3O3. The SMILES string of the molecule is C/C(=N\NC(=O)c1ccccc1[N+](=O)[O-])c1ccc(Cl)c(Cl)c1. The third-order valence-corrected chi connectivity index (χ3v) is 3.75. The Hall–Kier alpha value is -2.44. The van der Waals surface area contributed by atoms with Crippen LogP contribution in [0.4, 0.5) is 5.69 Å². The molecule has 0 fully saturated rings. The average molecular weight is 352 g/mol. The Morgan fingerprint density at radius 2 is 1.87 bits per heavy atom. The first-order valence-corrected chi connectivity index (χ1v) is 7.19. The van der Waals surface area contributed by atoms with Crippen LogP contribution in [0.2, 0.25) is 10.0 Å². The molecule has 0 saturated heterocycles. The number of hydrogen-bond acceptors (Lipinski definition) is 4. The summed E-state index contributed by atoms with van der Waals surface area (Å²) in [5.41, 5.74) is 3.09. The highest BCUT2D eigenvalue weighted by Gasteiger charge is 2.18. The van der Waals surface area contributed by atoms with Gasteiger partial charge in [-0.3, -0.25) is 14.9 Å². The predicted octanol–water partition coefficient (Wildman–Crippen LogP) is 4.06. The third kappa shape index (κ3) is 4.06. The van der Waals surface area contributed by atoms with Crippen LogP contribution in [0.25, 0.3) is 0 Å². The van der Waals surface area contributed by atoms with Crippen molar-refractivity contribution in [3.8, 4) is 0 Å². The predicted molar refractivity (Wildman–Crippen MR) is 89.2 cm³/mol. The van der Waals surface area contributed by atoms with E-state index in [0.29, 0.717) is 21.3 Å². The van der Waals surface area contributed by atoms with E-state index in [1.54, 1.807) is 25.1 Å². The van der Waals surface area contributed by atoms with Crippen molar-refractivity contribution in [2.24, 2.45) is 5.10 Å². The molecule has 0 spiro atoms. The molecule has 0 aliphatic carbocycles. The number of nitrogens with one attached hydrogen (secondary N) is 1. The van der Waals surface area contributed by atoms with E-state index in [-0.39, 0.29) is 11.3 Å². The van der Waals surface area contributed by atoms with Crippen molar-refractivity contribution in [3.63, 3.8) is 0 Å². The highest BCUT2D eigenvalue weighted by atomic mass is 35.5. The van der Waals surface area contributed by atoms with Crippen LogP contribution in [-0.4, -0.2) is 16.5 Å².